The molecule has 1 aliphatic carbocycles. The van der Waals surface area contributed by atoms with Crippen LogP contribution in [-0.2, 0) is 19.3 Å². The minimum Gasteiger partial charge on any atom is -0.406 e. The monoisotopic (exact) mass is 533 g/mol. The van der Waals surface area contributed by atoms with Gasteiger partial charge in [-0.2, -0.15) is 5.10 Å². The molecule has 0 unspecified atom stereocenters. The zero-order valence-electron chi connectivity index (χ0n) is 21.0. The van der Waals surface area contributed by atoms with Gasteiger partial charge in [-0.3, -0.25) is 4.99 Å². The van der Waals surface area contributed by atoms with Gasteiger partial charge in [0.05, 0.1) is 24.1 Å². The number of aliphatic imine (C=N–C) groups is 1. The van der Waals surface area contributed by atoms with Crippen molar-refractivity contribution < 1.29 is 17.9 Å². The van der Waals surface area contributed by atoms with Crippen LogP contribution in [-0.4, -0.2) is 33.8 Å². The number of rotatable bonds is 7. The smallest absolute Gasteiger partial charge is 0.406 e. The highest BCUT2D eigenvalue weighted by Gasteiger charge is 2.31. The molecule has 0 N–H and O–H groups in total. The predicted octanol–water partition coefficient (Wildman–Crippen LogP) is 7.18. The minimum atomic E-state index is -4.72. The molecule has 5 rings (SSSR count). The molecular weight excluding hydrogens is 507 g/mol. The van der Waals surface area contributed by atoms with Gasteiger partial charge in [-0.1, -0.05) is 42.5 Å². The molecule has 0 bridgehead atoms. The van der Waals surface area contributed by atoms with Gasteiger partial charge < -0.3 is 4.74 Å². The van der Waals surface area contributed by atoms with Crippen molar-refractivity contribution >= 4 is 23.3 Å². The number of halogens is 3. The molecule has 0 fully saturated rings. The first kappa shape index (κ1) is 25.9. The topological polar surface area (TPSA) is 39.4 Å². The zero-order valence-corrected chi connectivity index (χ0v) is 21.9. The van der Waals surface area contributed by atoms with Gasteiger partial charge in [0, 0.05) is 23.1 Å². The summed E-state index contributed by atoms with van der Waals surface area (Å²) in [6, 6.07) is 18.3. The highest BCUT2D eigenvalue weighted by Crippen LogP contribution is 2.35. The molecule has 4 nitrogen and oxygen atoms in total. The van der Waals surface area contributed by atoms with Crippen LogP contribution in [0.3, 0.4) is 0 Å². The first-order valence-electron chi connectivity index (χ1n) is 12.3. The number of benzene rings is 3. The fourth-order valence-corrected chi connectivity index (χ4v) is 5.12. The second-order valence-corrected chi connectivity index (χ2v) is 10.0. The summed E-state index contributed by atoms with van der Waals surface area (Å²) in [5.74, 6) is -0.257. The zero-order chi connectivity index (χ0) is 26.9. The van der Waals surface area contributed by atoms with Gasteiger partial charge in [0.1, 0.15) is 5.75 Å². The Morgan fingerprint density at radius 1 is 1.03 bits per heavy atom. The molecule has 1 aliphatic rings. The number of hydrogen-bond acceptors (Lipinski definition) is 4. The van der Waals surface area contributed by atoms with E-state index in [9.17, 15) is 13.2 Å². The van der Waals surface area contributed by atoms with E-state index in [0.717, 1.165) is 46.5 Å². The molecular formula is C30H26F3N3OS. The molecule has 1 aromatic heterocycles. The van der Waals surface area contributed by atoms with Crippen LogP contribution in [0.25, 0.3) is 16.8 Å². The van der Waals surface area contributed by atoms with Crippen LogP contribution in [0, 0.1) is 13.8 Å². The van der Waals surface area contributed by atoms with Crippen molar-refractivity contribution in [3.05, 3.63) is 100 Å². The van der Waals surface area contributed by atoms with Gasteiger partial charge in [-0.15, -0.1) is 13.2 Å². The lowest BCUT2D eigenvalue weighted by atomic mass is 9.88. The molecule has 0 saturated carbocycles. The molecule has 0 spiro atoms. The Kier molecular flexibility index (Phi) is 7.17. The summed E-state index contributed by atoms with van der Waals surface area (Å²) in [7, 11) is 0. The number of aryl methyl sites for hydroxylation is 3. The van der Waals surface area contributed by atoms with Gasteiger partial charge in [0.15, 0.2) is 0 Å². The molecule has 38 heavy (non-hydrogen) atoms. The van der Waals surface area contributed by atoms with Crippen molar-refractivity contribution in [1.29, 1.82) is 0 Å². The molecule has 194 valence electrons. The molecule has 0 saturated heterocycles. The number of hydrogen-bond donors (Lipinski definition) is 0. The molecule has 4 aromatic rings. The summed E-state index contributed by atoms with van der Waals surface area (Å²) in [5, 5.41) is 4.52. The first-order chi connectivity index (χ1) is 18.2. The summed E-state index contributed by atoms with van der Waals surface area (Å²) in [6.45, 7) is 4.73. The van der Waals surface area contributed by atoms with E-state index in [1.165, 1.54) is 34.4 Å². The first-order valence-corrected chi connectivity index (χ1v) is 12.7. The molecule has 0 radical (unpaired) electrons. The number of ether oxygens (including phenoxy) is 1. The lowest BCUT2D eigenvalue weighted by Gasteiger charge is -2.18. The van der Waals surface area contributed by atoms with Gasteiger partial charge in [0.2, 0.25) is 0 Å². The molecule has 0 aliphatic heterocycles. The van der Waals surface area contributed by atoms with Crippen molar-refractivity contribution in [2.45, 2.75) is 39.5 Å². The molecule has 8 heteroatoms. The van der Waals surface area contributed by atoms with E-state index < -0.39 is 6.36 Å². The van der Waals surface area contributed by atoms with Gasteiger partial charge in [0.25, 0.3) is 0 Å². The Bertz CT molecular complexity index is 1500. The fourth-order valence-electron chi connectivity index (χ4n) is 4.90. The lowest BCUT2D eigenvalue weighted by Crippen LogP contribution is -2.17. The van der Waals surface area contributed by atoms with E-state index in [4.69, 9.17) is 12.2 Å². The number of fused-ring (bicyclic) bond motifs is 3. The number of alkyl halides is 3. The van der Waals surface area contributed by atoms with Crippen LogP contribution >= 0.6 is 12.2 Å². The average molecular weight is 534 g/mol. The van der Waals surface area contributed by atoms with Gasteiger partial charge in [-0.25, -0.2) is 4.68 Å². The van der Waals surface area contributed by atoms with Crippen LogP contribution in [0.15, 0.2) is 71.9 Å². The standard InChI is InChI=1S/C30H26F3N3OS/c1-19-4-3-5-20(2)27(19)15-25(38)17-34-16-21-6-12-26-22(14-21)7-13-29-28(26)18-35-36(29)23-8-10-24(11-9-23)37-30(31,32)33/h3-6,8-12,14,16,18H,7,13,15,17H2,1-2H3. The summed E-state index contributed by atoms with van der Waals surface area (Å²) in [5.41, 5.74) is 9.87. The summed E-state index contributed by atoms with van der Waals surface area (Å²) in [6.07, 6.45) is 1.32. The summed E-state index contributed by atoms with van der Waals surface area (Å²) >= 11 is 5.60. The van der Waals surface area contributed by atoms with Crippen LogP contribution in [0.5, 0.6) is 5.75 Å². The Morgan fingerprint density at radius 2 is 1.76 bits per heavy atom. The SMILES string of the molecule is Cc1cccc(C)c1CC(=S)CN=Cc1ccc2c(c1)CCc1c-2cnn1-c1ccc(OC(F)(F)F)cc1. The molecule has 1 heterocycles. The quantitative estimate of drug-likeness (QED) is 0.187. The lowest BCUT2D eigenvalue weighted by molar-refractivity contribution is -0.274. The summed E-state index contributed by atoms with van der Waals surface area (Å²) < 4.78 is 43.2. The van der Waals surface area contributed by atoms with E-state index >= 15 is 0 Å². The third-order valence-corrected chi connectivity index (χ3v) is 7.03. The van der Waals surface area contributed by atoms with Crippen molar-refractivity contribution in [2.75, 3.05) is 6.54 Å². The van der Waals surface area contributed by atoms with E-state index in [2.05, 4.69) is 59.0 Å². The highest BCUT2D eigenvalue weighted by molar-refractivity contribution is 7.80. The third-order valence-electron chi connectivity index (χ3n) is 6.76. The predicted molar refractivity (Wildman–Crippen MR) is 148 cm³/mol. The van der Waals surface area contributed by atoms with E-state index in [1.54, 1.807) is 16.8 Å². The fraction of sp³-hybridized carbons (Fsp3) is 0.233. The normalized spacial score (nSPS) is 12.9. The van der Waals surface area contributed by atoms with E-state index in [-0.39, 0.29) is 5.75 Å². The maximum Gasteiger partial charge on any atom is 0.573 e. The van der Waals surface area contributed by atoms with Gasteiger partial charge in [-0.05, 0) is 90.4 Å². The number of nitrogens with zero attached hydrogens (tertiary/aromatic N) is 3. The van der Waals surface area contributed by atoms with Crippen molar-refractivity contribution in [1.82, 2.24) is 9.78 Å². The van der Waals surface area contributed by atoms with Crippen molar-refractivity contribution in [2.24, 2.45) is 4.99 Å². The average Bonchev–Trinajstić information content (AvgIpc) is 3.30. The van der Waals surface area contributed by atoms with Crippen LogP contribution in [0.2, 0.25) is 0 Å². The Hall–Kier alpha value is -3.78. The molecule has 3 aromatic carbocycles. The number of thiocarbonyl (C=S) groups is 1. The van der Waals surface area contributed by atoms with Crippen molar-refractivity contribution in [3.63, 3.8) is 0 Å². The molecule has 0 atom stereocenters. The second-order valence-electron chi connectivity index (χ2n) is 9.43. The number of aromatic nitrogens is 2. The third kappa shape index (κ3) is 5.70. The van der Waals surface area contributed by atoms with Crippen LogP contribution in [0.4, 0.5) is 13.2 Å². The maximum absolute atomic E-state index is 12.5. The van der Waals surface area contributed by atoms with Crippen LogP contribution in [0.1, 0.15) is 33.5 Å². The maximum atomic E-state index is 12.5. The summed E-state index contributed by atoms with van der Waals surface area (Å²) in [4.78, 5) is 5.51. The van der Waals surface area contributed by atoms with Gasteiger partial charge >= 0.3 is 6.36 Å². The van der Waals surface area contributed by atoms with Crippen molar-refractivity contribution in [3.8, 4) is 22.6 Å². The van der Waals surface area contributed by atoms with E-state index in [1.807, 2.05) is 18.5 Å². The second kappa shape index (κ2) is 10.5. The minimum absolute atomic E-state index is 0.257. The van der Waals surface area contributed by atoms with Crippen LogP contribution < -0.4 is 4.74 Å². The Balaban J connectivity index is 1.28. The Labute approximate surface area is 224 Å². The van der Waals surface area contributed by atoms with E-state index in [0.29, 0.717) is 12.2 Å². The molecule has 0 amide bonds. The largest absolute Gasteiger partial charge is 0.573 e. The highest BCUT2D eigenvalue weighted by atomic mass is 32.1. The Morgan fingerprint density at radius 3 is 2.47 bits per heavy atom.